The maximum Gasteiger partial charge on any atom is 0.414 e. The Morgan fingerprint density at radius 2 is 1.63 bits per heavy atom. The van der Waals surface area contributed by atoms with E-state index in [0.29, 0.717) is 12.5 Å². The predicted octanol–water partition coefficient (Wildman–Crippen LogP) is 4.78. The van der Waals surface area contributed by atoms with Gasteiger partial charge < -0.3 is 24.4 Å². The first-order chi connectivity index (χ1) is 18.4. The Labute approximate surface area is 223 Å². The van der Waals surface area contributed by atoms with Crippen molar-refractivity contribution in [3.8, 4) is 5.75 Å². The third kappa shape index (κ3) is 7.10. The van der Waals surface area contributed by atoms with Gasteiger partial charge in [-0.05, 0) is 60.5 Å². The normalized spacial score (nSPS) is 13.4. The van der Waals surface area contributed by atoms with Crippen molar-refractivity contribution in [3.63, 3.8) is 0 Å². The maximum atomic E-state index is 12.5. The van der Waals surface area contributed by atoms with E-state index >= 15 is 0 Å². The zero-order chi connectivity index (χ0) is 26.9. The van der Waals surface area contributed by atoms with E-state index in [1.165, 1.54) is 0 Å². The molecule has 0 spiro atoms. The maximum absolute atomic E-state index is 12.5. The van der Waals surface area contributed by atoms with Gasteiger partial charge >= 0.3 is 18.0 Å². The molecular formula is C27H28N4O6S. The molecule has 5 rings (SSSR count). The number of carboxylic acid groups (broad SMARTS) is 2. The highest BCUT2D eigenvalue weighted by Crippen LogP contribution is 2.25. The van der Waals surface area contributed by atoms with Gasteiger partial charge in [0.2, 0.25) is 0 Å². The molecule has 1 aliphatic rings. The molecule has 10 nitrogen and oxygen atoms in total. The van der Waals surface area contributed by atoms with Crippen molar-refractivity contribution in [2.24, 2.45) is 5.92 Å². The number of hydrogen-bond donors (Lipinski definition) is 3. The smallest absolute Gasteiger partial charge is 0.414 e. The van der Waals surface area contributed by atoms with Gasteiger partial charge in [0.15, 0.2) is 0 Å². The van der Waals surface area contributed by atoms with Crippen LogP contribution in [0.1, 0.15) is 18.7 Å². The van der Waals surface area contributed by atoms with Gasteiger partial charge in [-0.2, -0.15) is 0 Å². The average Bonchev–Trinajstić information content (AvgIpc) is 3.56. The highest BCUT2D eigenvalue weighted by Gasteiger charge is 2.25. The second kappa shape index (κ2) is 12.7. The van der Waals surface area contributed by atoms with Crippen LogP contribution in [0, 0.1) is 5.92 Å². The van der Waals surface area contributed by atoms with E-state index in [9.17, 15) is 4.79 Å². The molecule has 0 unspecified atom stereocenters. The van der Waals surface area contributed by atoms with Crippen molar-refractivity contribution >= 4 is 45.3 Å². The number of rotatable bonds is 6. The van der Waals surface area contributed by atoms with Crippen LogP contribution >= 0.6 is 11.3 Å². The summed E-state index contributed by atoms with van der Waals surface area (Å²) in [5, 5.41) is 20.6. The Morgan fingerprint density at radius 1 is 0.947 bits per heavy atom. The molecule has 3 heterocycles. The number of ether oxygens (including phenoxy) is 1. The van der Waals surface area contributed by atoms with Crippen LogP contribution in [0.25, 0.3) is 11.0 Å². The number of nitrogens with one attached hydrogen (secondary N) is 1. The predicted molar refractivity (Wildman–Crippen MR) is 143 cm³/mol. The summed E-state index contributed by atoms with van der Waals surface area (Å²) in [4.78, 5) is 37.5. The van der Waals surface area contributed by atoms with E-state index in [1.807, 2.05) is 58.8 Å². The molecule has 0 atom stereocenters. The number of carbonyl (C=O) groups excluding carboxylic acids is 1. The number of urea groups is 1. The third-order valence-corrected chi connectivity index (χ3v) is 6.91. The summed E-state index contributed by atoms with van der Waals surface area (Å²) in [6, 6.07) is 22.0. The van der Waals surface area contributed by atoms with Crippen LogP contribution in [0.15, 0.2) is 72.1 Å². The lowest BCUT2D eigenvalue weighted by atomic mass is 9.97. The van der Waals surface area contributed by atoms with E-state index < -0.39 is 11.9 Å². The van der Waals surface area contributed by atoms with E-state index in [1.54, 1.807) is 11.3 Å². The van der Waals surface area contributed by atoms with Gasteiger partial charge in [-0.1, -0.05) is 30.3 Å². The number of fused-ring (bicyclic) bond motifs is 1. The van der Waals surface area contributed by atoms with Crippen LogP contribution in [-0.4, -0.2) is 55.7 Å². The molecule has 0 saturated carbocycles. The molecule has 11 heteroatoms. The molecule has 0 bridgehead atoms. The average molecular weight is 537 g/mol. The number of aromatic nitrogens is 2. The molecular weight excluding hydrogens is 508 g/mol. The number of carboxylic acids is 2. The van der Waals surface area contributed by atoms with Gasteiger partial charge in [-0.15, -0.1) is 11.3 Å². The molecule has 2 aromatic heterocycles. The summed E-state index contributed by atoms with van der Waals surface area (Å²) < 4.78 is 8.30. The van der Waals surface area contributed by atoms with Crippen LogP contribution in [0.5, 0.6) is 5.75 Å². The summed E-state index contributed by atoms with van der Waals surface area (Å²) >= 11 is 1.54. The number of amides is 2. The first-order valence-corrected chi connectivity index (χ1v) is 13.0. The number of carbonyl (C=O) groups is 3. The molecule has 198 valence electrons. The summed E-state index contributed by atoms with van der Waals surface area (Å²) in [6.07, 6.45) is 1.95. The summed E-state index contributed by atoms with van der Waals surface area (Å²) in [6.45, 7) is 2.85. The fraction of sp³-hybridized carbons (Fsp3) is 0.259. The summed E-state index contributed by atoms with van der Waals surface area (Å²) in [5.41, 5.74) is 2.13. The zero-order valence-electron chi connectivity index (χ0n) is 20.5. The topological polar surface area (TPSA) is 134 Å². The lowest BCUT2D eigenvalue weighted by Gasteiger charge is -2.32. The van der Waals surface area contributed by atoms with Crippen LogP contribution in [0.4, 0.5) is 9.80 Å². The lowest BCUT2D eigenvalue weighted by molar-refractivity contribution is -0.159. The second-order valence-corrected chi connectivity index (χ2v) is 9.62. The molecule has 2 aromatic carbocycles. The minimum Gasteiger partial charge on any atom is -0.486 e. The molecule has 38 heavy (non-hydrogen) atoms. The first-order valence-electron chi connectivity index (χ1n) is 12.1. The van der Waals surface area contributed by atoms with E-state index in [0.717, 1.165) is 60.1 Å². The lowest BCUT2D eigenvalue weighted by Crippen LogP contribution is -2.41. The van der Waals surface area contributed by atoms with Crippen molar-refractivity contribution in [1.29, 1.82) is 0 Å². The van der Waals surface area contributed by atoms with Gasteiger partial charge in [-0.3, -0.25) is 5.32 Å². The van der Waals surface area contributed by atoms with E-state index in [4.69, 9.17) is 29.5 Å². The van der Waals surface area contributed by atoms with Crippen LogP contribution < -0.4 is 10.1 Å². The minimum absolute atomic E-state index is 0.00377. The number of aliphatic carboxylic acids is 2. The minimum atomic E-state index is -1.82. The van der Waals surface area contributed by atoms with Crippen LogP contribution in [-0.2, 0) is 22.7 Å². The van der Waals surface area contributed by atoms with E-state index in [-0.39, 0.29) is 6.03 Å². The molecule has 0 aliphatic carbocycles. The number of para-hydroxylation sites is 3. The third-order valence-electron chi connectivity index (χ3n) is 6.12. The SMILES string of the molecule is O=C(Nc1cccs1)N1CCC(Cn2c(COc3ccccc3)nc3ccccc32)CC1.O=C(O)C(=O)O. The summed E-state index contributed by atoms with van der Waals surface area (Å²) in [7, 11) is 0. The molecule has 1 aliphatic heterocycles. The number of benzene rings is 2. The Kier molecular flexibility index (Phi) is 8.94. The quantitative estimate of drug-likeness (QED) is 0.302. The van der Waals surface area contributed by atoms with Gasteiger partial charge in [0.05, 0.1) is 16.0 Å². The van der Waals surface area contributed by atoms with Crippen LogP contribution in [0.3, 0.4) is 0 Å². The van der Waals surface area contributed by atoms with Gasteiger partial charge in [0.25, 0.3) is 0 Å². The summed E-state index contributed by atoms with van der Waals surface area (Å²) in [5.74, 6) is -1.37. The molecule has 4 aromatic rings. The molecule has 1 fully saturated rings. The van der Waals surface area contributed by atoms with Crippen molar-refractivity contribution in [2.45, 2.75) is 26.0 Å². The van der Waals surface area contributed by atoms with Gasteiger partial charge in [0.1, 0.15) is 18.2 Å². The molecule has 2 amide bonds. The monoisotopic (exact) mass is 536 g/mol. The van der Waals surface area contributed by atoms with Crippen molar-refractivity contribution in [2.75, 3.05) is 18.4 Å². The Hall–Kier alpha value is -4.38. The number of hydrogen-bond acceptors (Lipinski definition) is 6. The Balaban J connectivity index is 0.000000505. The fourth-order valence-electron chi connectivity index (χ4n) is 4.21. The Morgan fingerprint density at radius 3 is 2.29 bits per heavy atom. The van der Waals surface area contributed by atoms with E-state index in [2.05, 4.69) is 28.1 Å². The number of likely N-dealkylation sites (tertiary alicyclic amines) is 1. The van der Waals surface area contributed by atoms with Gasteiger partial charge in [0, 0.05) is 19.6 Å². The highest BCUT2D eigenvalue weighted by atomic mass is 32.1. The standard InChI is InChI=1S/C25H26N4O2S.C2H2O4/c30-25(27-24-11-6-16-32-24)28-14-12-19(13-15-28)17-29-22-10-5-4-9-21(22)26-23(29)18-31-20-7-2-1-3-8-20;3-1(4)2(5)6/h1-11,16,19H,12-15,17-18H2,(H,27,30);(H,3,4)(H,5,6). The van der Waals surface area contributed by atoms with Crippen molar-refractivity contribution in [3.05, 3.63) is 77.9 Å². The number of nitrogens with zero attached hydrogens (tertiary/aromatic N) is 3. The highest BCUT2D eigenvalue weighted by molar-refractivity contribution is 7.14. The number of anilines is 1. The second-order valence-electron chi connectivity index (χ2n) is 8.68. The molecule has 1 saturated heterocycles. The zero-order valence-corrected chi connectivity index (χ0v) is 21.3. The van der Waals surface area contributed by atoms with Crippen molar-refractivity contribution < 1.29 is 29.3 Å². The van der Waals surface area contributed by atoms with Crippen molar-refractivity contribution in [1.82, 2.24) is 14.5 Å². The number of imidazole rings is 1. The largest absolute Gasteiger partial charge is 0.486 e. The molecule has 3 N–H and O–H groups in total. The van der Waals surface area contributed by atoms with Gasteiger partial charge in [-0.25, -0.2) is 19.4 Å². The Bertz CT molecular complexity index is 1350. The van der Waals surface area contributed by atoms with Crippen LogP contribution in [0.2, 0.25) is 0 Å². The number of thiophene rings is 1. The molecule has 0 radical (unpaired) electrons. The fourth-order valence-corrected chi connectivity index (χ4v) is 4.82. The first kappa shape index (κ1) is 26.7. The number of piperidine rings is 1.